The van der Waals surface area contributed by atoms with Crippen LogP contribution in [0.15, 0.2) is 34.7 Å². The molecule has 0 unspecified atom stereocenters. The number of hydrogen-bond acceptors (Lipinski definition) is 6. The fourth-order valence-electron chi connectivity index (χ4n) is 1.50. The van der Waals surface area contributed by atoms with Crippen molar-refractivity contribution in [1.82, 2.24) is 4.98 Å². The standard InChI is InChI=1S/C13H14N2O2S2/c1-2-17-10(16)8-18-13-15-11(12(14)19-13)9-6-4-3-5-7-9/h3-7H,2,8,14H2,1H3. The predicted octanol–water partition coefficient (Wildman–Crippen LogP) is 3.05. The number of anilines is 1. The summed E-state index contributed by atoms with van der Waals surface area (Å²) < 4.78 is 5.65. The Labute approximate surface area is 120 Å². The fraction of sp³-hybridized carbons (Fsp3) is 0.231. The zero-order valence-corrected chi connectivity index (χ0v) is 12.1. The molecule has 2 N–H and O–H groups in total. The molecular formula is C13H14N2O2S2. The molecule has 0 fully saturated rings. The van der Waals surface area contributed by atoms with E-state index in [9.17, 15) is 4.79 Å². The van der Waals surface area contributed by atoms with Crippen molar-refractivity contribution >= 4 is 34.1 Å². The Morgan fingerprint density at radius 2 is 2.16 bits per heavy atom. The molecule has 100 valence electrons. The molecule has 1 aromatic heterocycles. The molecule has 1 heterocycles. The number of carbonyl (C=O) groups excluding carboxylic acids is 1. The van der Waals surface area contributed by atoms with Gasteiger partial charge >= 0.3 is 5.97 Å². The van der Waals surface area contributed by atoms with E-state index in [1.807, 2.05) is 30.3 Å². The molecule has 0 saturated carbocycles. The Hall–Kier alpha value is -1.53. The summed E-state index contributed by atoms with van der Waals surface area (Å²) in [5, 5.41) is 0.664. The summed E-state index contributed by atoms with van der Waals surface area (Å²) in [6.07, 6.45) is 0. The second kappa shape index (κ2) is 6.58. The Morgan fingerprint density at radius 3 is 2.84 bits per heavy atom. The van der Waals surface area contributed by atoms with Gasteiger partial charge in [0, 0.05) is 5.56 Å². The van der Waals surface area contributed by atoms with Gasteiger partial charge < -0.3 is 10.5 Å². The molecule has 0 bridgehead atoms. The maximum absolute atomic E-state index is 11.3. The first kappa shape index (κ1) is 13.9. The lowest BCUT2D eigenvalue weighted by molar-refractivity contribution is -0.139. The van der Waals surface area contributed by atoms with Crippen molar-refractivity contribution in [2.24, 2.45) is 0 Å². The number of carbonyl (C=O) groups is 1. The van der Waals surface area contributed by atoms with E-state index in [2.05, 4.69) is 4.98 Å². The number of ether oxygens (including phenoxy) is 1. The molecule has 0 atom stereocenters. The van der Waals surface area contributed by atoms with Crippen molar-refractivity contribution in [3.63, 3.8) is 0 Å². The first-order valence-corrected chi connectivity index (χ1v) is 7.61. The number of thioether (sulfide) groups is 1. The normalized spacial score (nSPS) is 10.4. The number of thiazole rings is 1. The average molecular weight is 294 g/mol. The molecule has 2 rings (SSSR count). The Kier molecular flexibility index (Phi) is 4.81. The molecule has 0 saturated heterocycles. The van der Waals surface area contributed by atoms with Gasteiger partial charge in [-0.1, -0.05) is 53.4 Å². The van der Waals surface area contributed by atoms with Crippen LogP contribution in [0.25, 0.3) is 11.3 Å². The molecular weight excluding hydrogens is 280 g/mol. The zero-order chi connectivity index (χ0) is 13.7. The van der Waals surface area contributed by atoms with Crippen molar-refractivity contribution in [1.29, 1.82) is 0 Å². The zero-order valence-electron chi connectivity index (χ0n) is 10.5. The number of esters is 1. The van der Waals surface area contributed by atoms with E-state index in [1.54, 1.807) is 6.92 Å². The number of nitrogen functional groups attached to an aromatic ring is 1. The van der Waals surface area contributed by atoms with E-state index in [0.717, 1.165) is 15.6 Å². The van der Waals surface area contributed by atoms with Gasteiger partial charge in [-0.05, 0) is 6.92 Å². The van der Waals surface area contributed by atoms with Crippen LogP contribution in [0.3, 0.4) is 0 Å². The third-order valence-electron chi connectivity index (χ3n) is 2.30. The predicted molar refractivity (Wildman–Crippen MR) is 79.3 cm³/mol. The minimum Gasteiger partial charge on any atom is -0.465 e. The van der Waals surface area contributed by atoms with E-state index in [1.165, 1.54) is 23.1 Å². The van der Waals surface area contributed by atoms with Crippen molar-refractivity contribution in [2.45, 2.75) is 11.3 Å². The Morgan fingerprint density at radius 1 is 1.42 bits per heavy atom. The molecule has 0 spiro atoms. The molecule has 0 aliphatic heterocycles. The van der Waals surface area contributed by atoms with Crippen molar-refractivity contribution in [3.8, 4) is 11.3 Å². The van der Waals surface area contributed by atoms with Crippen LogP contribution in [0.5, 0.6) is 0 Å². The number of nitrogens with two attached hydrogens (primary N) is 1. The van der Waals surface area contributed by atoms with Crippen LogP contribution >= 0.6 is 23.1 Å². The molecule has 1 aromatic carbocycles. The van der Waals surface area contributed by atoms with E-state index in [-0.39, 0.29) is 11.7 Å². The highest BCUT2D eigenvalue weighted by Gasteiger charge is 2.12. The lowest BCUT2D eigenvalue weighted by Gasteiger charge is -1.98. The van der Waals surface area contributed by atoms with Gasteiger partial charge in [-0.15, -0.1) is 0 Å². The second-order valence-corrected chi connectivity index (χ2v) is 5.91. The van der Waals surface area contributed by atoms with Crippen molar-refractivity contribution in [3.05, 3.63) is 30.3 Å². The Bertz CT molecular complexity index is 555. The summed E-state index contributed by atoms with van der Waals surface area (Å²) in [6, 6.07) is 9.76. The van der Waals surface area contributed by atoms with E-state index < -0.39 is 0 Å². The van der Waals surface area contributed by atoms with Crippen molar-refractivity contribution in [2.75, 3.05) is 18.1 Å². The third-order valence-corrected chi connectivity index (χ3v) is 4.30. The fourth-order valence-corrected chi connectivity index (χ4v) is 3.25. The molecule has 0 amide bonds. The van der Waals surface area contributed by atoms with Gasteiger partial charge in [0.15, 0.2) is 4.34 Å². The number of aromatic nitrogens is 1. The third kappa shape index (κ3) is 3.71. The summed E-state index contributed by atoms with van der Waals surface area (Å²) in [5.41, 5.74) is 7.73. The van der Waals surface area contributed by atoms with Crippen LogP contribution in [0.1, 0.15) is 6.92 Å². The van der Waals surface area contributed by atoms with Crippen LogP contribution in [-0.4, -0.2) is 23.3 Å². The molecule has 6 heteroatoms. The maximum atomic E-state index is 11.3. The summed E-state index contributed by atoms with van der Waals surface area (Å²) in [6.45, 7) is 2.19. The lowest BCUT2D eigenvalue weighted by Crippen LogP contribution is -2.06. The summed E-state index contributed by atoms with van der Waals surface area (Å²) in [5.74, 6) is 0.0252. The highest BCUT2D eigenvalue weighted by Crippen LogP contribution is 2.35. The number of nitrogens with zero attached hydrogens (tertiary/aromatic N) is 1. The minimum absolute atomic E-state index is 0.234. The minimum atomic E-state index is -0.234. The van der Waals surface area contributed by atoms with Gasteiger partial charge in [0.1, 0.15) is 10.7 Å². The van der Waals surface area contributed by atoms with Crippen LogP contribution < -0.4 is 5.73 Å². The van der Waals surface area contributed by atoms with E-state index in [4.69, 9.17) is 10.5 Å². The topological polar surface area (TPSA) is 65.2 Å². The first-order chi connectivity index (χ1) is 9.20. The monoisotopic (exact) mass is 294 g/mol. The quantitative estimate of drug-likeness (QED) is 0.678. The molecule has 0 radical (unpaired) electrons. The smallest absolute Gasteiger partial charge is 0.316 e. The van der Waals surface area contributed by atoms with Crippen LogP contribution in [0, 0.1) is 0 Å². The van der Waals surface area contributed by atoms with E-state index >= 15 is 0 Å². The highest BCUT2D eigenvalue weighted by molar-refractivity contribution is 8.01. The number of benzene rings is 1. The first-order valence-electron chi connectivity index (χ1n) is 5.81. The molecule has 4 nitrogen and oxygen atoms in total. The van der Waals surface area contributed by atoms with Gasteiger partial charge in [0.2, 0.25) is 0 Å². The molecule has 19 heavy (non-hydrogen) atoms. The van der Waals surface area contributed by atoms with Crippen LogP contribution in [0.4, 0.5) is 5.00 Å². The van der Waals surface area contributed by atoms with Crippen LogP contribution in [-0.2, 0) is 9.53 Å². The largest absolute Gasteiger partial charge is 0.465 e. The molecule has 0 aliphatic carbocycles. The van der Waals surface area contributed by atoms with Gasteiger partial charge in [-0.2, -0.15) is 0 Å². The SMILES string of the molecule is CCOC(=O)CSc1nc(-c2ccccc2)c(N)s1. The molecule has 0 aliphatic rings. The summed E-state index contributed by atoms with van der Waals surface area (Å²) >= 11 is 2.74. The maximum Gasteiger partial charge on any atom is 0.316 e. The van der Waals surface area contributed by atoms with Crippen molar-refractivity contribution < 1.29 is 9.53 Å². The van der Waals surface area contributed by atoms with E-state index in [0.29, 0.717) is 11.6 Å². The highest BCUT2D eigenvalue weighted by atomic mass is 32.2. The van der Waals surface area contributed by atoms with Gasteiger partial charge in [-0.3, -0.25) is 4.79 Å². The van der Waals surface area contributed by atoms with Gasteiger partial charge in [0.25, 0.3) is 0 Å². The Balaban J connectivity index is 2.07. The summed E-state index contributed by atoms with van der Waals surface area (Å²) in [7, 11) is 0. The second-order valence-electron chi connectivity index (χ2n) is 3.65. The summed E-state index contributed by atoms with van der Waals surface area (Å²) in [4.78, 5) is 15.7. The van der Waals surface area contributed by atoms with Gasteiger partial charge in [-0.25, -0.2) is 4.98 Å². The van der Waals surface area contributed by atoms with Crippen LogP contribution in [0.2, 0.25) is 0 Å². The lowest BCUT2D eigenvalue weighted by atomic mass is 10.2. The number of rotatable bonds is 5. The van der Waals surface area contributed by atoms with Gasteiger partial charge in [0.05, 0.1) is 12.4 Å². The number of hydrogen-bond donors (Lipinski definition) is 1. The average Bonchev–Trinajstić information content (AvgIpc) is 2.79. The molecule has 2 aromatic rings.